The molecule has 3 aromatic rings. The number of nitrogens with zero attached hydrogens (tertiary/aromatic N) is 2. The molecule has 4 rings (SSSR count). The summed E-state index contributed by atoms with van der Waals surface area (Å²) in [5, 5.41) is 10.5. The monoisotopic (exact) mass is 394 g/mol. The van der Waals surface area contributed by atoms with E-state index < -0.39 is 0 Å². The van der Waals surface area contributed by atoms with Crippen molar-refractivity contribution in [3.63, 3.8) is 0 Å². The molecule has 1 saturated carbocycles. The maximum Gasteiger partial charge on any atom is 0.310 e. The zero-order valence-corrected chi connectivity index (χ0v) is 16.5. The van der Waals surface area contributed by atoms with E-state index in [1.807, 2.05) is 25.1 Å². The third kappa shape index (κ3) is 3.58. The van der Waals surface area contributed by atoms with Gasteiger partial charge in [-0.05, 0) is 56.2 Å². The maximum absolute atomic E-state index is 12.0. The number of ether oxygens (including phenoxy) is 1. The molecule has 136 valence electrons. The molecular weight excluding hydrogens is 376 g/mol. The fourth-order valence-corrected chi connectivity index (χ4v) is 5.96. The van der Waals surface area contributed by atoms with Crippen molar-refractivity contribution in [2.45, 2.75) is 29.2 Å². The zero-order valence-electron chi connectivity index (χ0n) is 14.8. The first kappa shape index (κ1) is 18.0. The zero-order chi connectivity index (χ0) is 18.8. The molecule has 2 unspecified atom stereocenters. The molecule has 1 aromatic carbocycles. The summed E-state index contributed by atoms with van der Waals surface area (Å²) in [7, 11) is 0. The van der Waals surface area contributed by atoms with Crippen LogP contribution >= 0.6 is 23.1 Å². The second-order valence-electron chi connectivity index (χ2n) is 6.41. The Labute approximate surface area is 166 Å². The number of carbonyl (C=O) groups excluding carboxylic acids is 1. The molecule has 1 aliphatic rings. The van der Waals surface area contributed by atoms with Crippen molar-refractivity contribution >= 4 is 40.0 Å². The molecule has 1 aliphatic carbocycles. The molecule has 0 radical (unpaired) electrons. The molecule has 0 spiro atoms. The fourth-order valence-electron chi connectivity index (χ4n) is 3.24. The molecule has 0 bridgehead atoms. The highest BCUT2D eigenvalue weighted by molar-refractivity contribution is 8.01. The van der Waals surface area contributed by atoms with Crippen LogP contribution in [0.3, 0.4) is 0 Å². The largest absolute Gasteiger partial charge is 0.466 e. The summed E-state index contributed by atoms with van der Waals surface area (Å²) in [5.41, 5.74) is 2.61. The molecule has 2 heterocycles. The lowest BCUT2D eigenvalue weighted by atomic mass is 9.85. The van der Waals surface area contributed by atoms with Gasteiger partial charge in [0.05, 0.1) is 33.9 Å². The summed E-state index contributed by atoms with van der Waals surface area (Å²) in [6.07, 6.45) is 3.77. The number of esters is 1. The lowest BCUT2D eigenvalue weighted by Gasteiger charge is -2.33. The topological polar surface area (TPSA) is 63.0 Å². The number of carbonyl (C=O) groups is 1. The van der Waals surface area contributed by atoms with Crippen LogP contribution in [0.15, 0.2) is 46.8 Å². The Morgan fingerprint density at radius 1 is 1.33 bits per heavy atom. The van der Waals surface area contributed by atoms with Gasteiger partial charge < -0.3 is 4.74 Å². The molecule has 2 aromatic heterocycles. The van der Waals surface area contributed by atoms with E-state index in [1.165, 1.54) is 4.21 Å². The number of thioether (sulfide) groups is 1. The van der Waals surface area contributed by atoms with E-state index >= 15 is 0 Å². The number of benzene rings is 1. The van der Waals surface area contributed by atoms with Gasteiger partial charge in [-0.15, -0.1) is 23.1 Å². The van der Waals surface area contributed by atoms with E-state index in [-0.39, 0.29) is 11.9 Å². The first-order chi connectivity index (χ1) is 13.2. The highest BCUT2D eigenvalue weighted by Gasteiger charge is 2.38. The molecule has 0 aliphatic heterocycles. The number of thiophene rings is 1. The van der Waals surface area contributed by atoms with Crippen LogP contribution in [0.2, 0.25) is 0 Å². The molecule has 0 saturated heterocycles. The van der Waals surface area contributed by atoms with Crippen molar-refractivity contribution in [2.75, 3.05) is 6.61 Å². The van der Waals surface area contributed by atoms with Crippen LogP contribution in [-0.4, -0.2) is 22.8 Å². The fraction of sp³-hybridized carbons (Fsp3) is 0.286. The van der Waals surface area contributed by atoms with Crippen molar-refractivity contribution in [1.29, 1.82) is 5.26 Å². The van der Waals surface area contributed by atoms with Crippen LogP contribution in [0.4, 0.5) is 0 Å². The highest BCUT2D eigenvalue weighted by atomic mass is 32.2. The summed E-state index contributed by atoms with van der Waals surface area (Å²) in [4.78, 5) is 17.5. The average Bonchev–Trinajstić information content (AvgIpc) is 3.13. The van der Waals surface area contributed by atoms with E-state index in [1.54, 1.807) is 35.4 Å². The van der Waals surface area contributed by atoms with Crippen LogP contribution < -0.4 is 0 Å². The molecule has 27 heavy (non-hydrogen) atoms. The Kier molecular flexibility index (Phi) is 5.15. The van der Waals surface area contributed by atoms with Gasteiger partial charge in [0.25, 0.3) is 0 Å². The van der Waals surface area contributed by atoms with Gasteiger partial charge in [0.1, 0.15) is 0 Å². The summed E-state index contributed by atoms with van der Waals surface area (Å²) in [5.74, 6) is -0.0531. The predicted molar refractivity (Wildman–Crippen MR) is 109 cm³/mol. The highest BCUT2D eigenvalue weighted by Crippen LogP contribution is 2.45. The third-order valence-electron chi connectivity index (χ3n) is 4.79. The molecule has 0 N–H and O–H groups in total. The SMILES string of the molecule is CCOC(=O)C1CCC1Sc1ccc(-c2ccnc3ccc(C#N)cc23)s1. The number of hydrogen-bond acceptors (Lipinski definition) is 6. The minimum Gasteiger partial charge on any atom is -0.466 e. The van der Waals surface area contributed by atoms with Gasteiger partial charge >= 0.3 is 5.97 Å². The Morgan fingerprint density at radius 3 is 2.96 bits per heavy atom. The maximum atomic E-state index is 12.0. The normalized spacial score (nSPS) is 18.7. The minimum absolute atomic E-state index is 0.0143. The van der Waals surface area contributed by atoms with Crippen LogP contribution in [0, 0.1) is 17.2 Å². The third-order valence-corrected chi connectivity index (χ3v) is 7.47. The van der Waals surface area contributed by atoms with E-state index in [0.717, 1.165) is 34.2 Å². The molecule has 6 heteroatoms. The smallest absolute Gasteiger partial charge is 0.310 e. The average molecular weight is 395 g/mol. The van der Waals surface area contributed by atoms with Crippen LogP contribution in [0.5, 0.6) is 0 Å². The number of pyridine rings is 1. The number of aromatic nitrogens is 1. The van der Waals surface area contributed by atoms with Gasteiger partial charge in [-0.25, -0.2) is 0 Å². The number of rotatable bonds is 5. The second kappa shape index (κ2) is 7.71. The van der Waals surface area contributed by atoms with Crippen molar-refractivity contribution in [1.82, 2.24) is 4.98 Å². The van der Waals surface area contributed by atoms with E-state index in [4.69, 9.17) is 4.74 Å². The molecule has 4 nitrogen and oxygen atoms in total. The van der Waals surface area contributed by atoms with Crippen LogP contribution in [-0.2, 0) is 9.53 Å². The standard InChI is InChI=1S/C21H18N2O2S2/c1-2-25-21(24)15-4-6-19(15)27-20-8-7-18(26-20)14-9-10-23-17-5-3-13(12-22)11-16(14)17/h3,5,7-11,15,19H,2,4,6H2,1H3. The molecule has 2 atom stereocenters. The van der Waals surface area contributed by atoms with E-state index in [9.17, 15) is 10.1 Å². The first-order valence-electron chi connectivity index (χ1n) is 8.92. The van der Waals surface area contributed by atoms with Gasteiger partial charge in [-0.1, -0.05) is 0 Å². The summed E-state index contributed by atoms with van der Waals surface area (Å²) < 4.78 is 6.38. The van der Waals surface area contributed by atoms with Crippen LogP contribution in [0.25, 0.3) is 21.3 Å². The van der Waals surface area contributed by atoms with Gasteiger partial charge in [0.2, 0.25) is 0 Å². The Balaban J connectivity index is 1.58. The van der Waals surface area contributed by atoms with Crippen LogP contribution in [0.1, 0.15) is 25.3 Å². The van der Waals surface area contributed by atoms with Gasteiger partial charge in [0, 0.05) is 27.3 Å². The molecular formula is C21H18N2O2S2. The number of fused-ring (bicyclic) bond motifs is 1. The Bertz CT molecular complexity index is 1040. The van der Waals surface area contributed by atoms with E-state index in [0.29, 0.717) is 17.4 Å². The number of nitriles is 1. The van der Waals surface area contributed by atoms with Crippen molar-refractivity contribution < 1.29 is 9.53 Å². The lowest BCUT2D eigenvalue weighted by molar-refractivity contribution is -0.150. The van der Waals surface area contributed by atoms with Gasteiger partial charge in [-0.2, -0.15) is 5.26 Å². The van der Waals surface area contributed by atoms with E-state index in [2.05, 4.69) is 23.2 Å². The summed E-state index contributed by atoms with van der Waals surface area (Å²) >= 11 is 3.49. The van der Waals surface area contributed by atoms with Crippen molar-refractivity contribution in [3.8, 4) is 16.5 Å². The lowest BCUT2D eigenvalue weighted by Crippen LogP contribution is -2.36. The van der Waals surface area contributed by atoms with Gasteiger partial charge in [0.15, 0.2) is 0 Å². The minimum atomic E-state index is -0.0674. The van der Waals surface area contributed by atoms with Gasteiger partial charge in [-0.3, -0.25) is 9.78 Å². The molecule has 0 amide bonds. The second-order valence-corrected chi connectivity index (χ2v) is 9.04. The first-order valence-corrected chi connectivity index (χ1v) is 10.6. The van der Waals surface area contributed by atoms with Crippen molar-refractivity contribution in [3.05, 3.63) is 48.2 Å². The number of hydrogen-bond donors (Lipinski definition) is 0. The predicted octanol–water partition coefficient (Wildman–Crippen LogP) is 5.27. The van der Waals surface area contributed by atoms with Crippen molar-refractivity contribution in [2.24, 2.45) is 5.92 Å². The molecule has 1 fully saturated rings. The quantitative estimate of drug-likeness (QED) is 0.552. The summed E-state index contributed by atoms with van der Waals surface area (Å²) in [6.45, 7) is 2.29. The Hall–Kier alpha value is -2.36. The summed E-state index contributed by atoms with van der Waals surface area (Å²) in [6, 6.07) is 14.0. The Morgan fingerprint density at radius 2 is 2.22 bits per heavy atom.